The lowest BCUT2D eigenvalue weighted by molar-refractivity contribution is 0.383. The van der Waals surface area contributed by atoms with E-state index in [1.54, 1.807) is 41.0 Å². The lowest BCUT2D eigenvalue weighted by Crippen LogP contribution is -2.49. The Morgan fingerprint density at radius 1 is 0.789 bits per heavy atom. The minimum absolute atomic E-state index is 0.171. The fourth-order valence-corrected chi connectivity index (χ4v) is 7.43. The van der Waals surface area contributed by atoms with Gasteiger partial charge in [0, 0.05) is 37.9 Å². The Morgan fingerprint density at radius 3 is 2.29 bits per heavy atom. The lowest BCUT2D eigenvalue weighted by Gasteiger charge is -2.34. The molecule has 2 aromatic heterocycles. The van der Waals surface area contributed by atoms with Crippen molar-refractivity contribution in [2.75, 3.05) is 35.8 Å². The largest absolute Gasteiger partial charge is 0.353 e. The van der Waals surface area contributed by atoms with Gasteiger partial charge in [0.1, 0.15) is 5.82 Å². The molecular formula is C26H26N6O4S2. The normalized spacial score (nSPS) is 17.0. The molecule has 3 heterocycles. The summed E-state index contributed by atoms with van der Waals surface area (Å²) in [5.74, 6) is 0.695. The molecule has 2 aromatic carbocycles. The van der Waals surface area contributed by atoms with Crippen LogP contribution in [0, 0.1) is 0 Å². The zero-order valence-electron chi connectivity index (χ0n) is 20.4. The number of hydrogen-bond acceptors (Lipinski definition) is 8. The maximum Gasteiger partial charge on any atom is 0.261 e. The second kappa shape index (κ2) is 9.61. The van der Waals surface area contributed by atoms with E-state index in [0.29, 0.717) is 43.2 Å². The smallest absolute Gasteiger partial charge is 0.261 e. The summed E-state index contributed by atoms with van der Waals surface area (Å²) in [7, 11) is -6.91. The van der Waals surface area contributed by atoms with Crippen LogP contribution in [0.25, 0.3) is 22.2 Å². The van der Waals surface area contributed by atoms with Crippen molar-refractivity contribution in [1.82, 2.24) is 19.3 Å². The van der Waals surface area contributed by atoms with Crippen LogP contribution in [0.15, 0.2) is 78.1 Å². The number of aromatic nitrogens is 3. The zero-order valence-corrected chi connectivity index (χ0v) is 22.1. The summed E-state index contributed by atoms with van der Waals surface area (Å²) in [5.41, 5.74) is 3.30. The van der Waals surface area contributed by atoms with Gasteiger partial charge in [0.25, 0.3) is 10.0 Å². The predicted molar refractivity (Wildman–Crippen MR) is 146 cm³/mol. The van der Waals surface area contributed by atoms with E-state index < -0.39 is 20.0 Å². The van der Waals surface area contributed by atoms with Crippen molar-refractivity contribution < 1.29 is 16.8 Å². The van der Waals surface area contributed by atoms with Crippen LogP contribution in [0.2, 0.25) is 0 Å². The standard InChI is InChI=1S/C26H26N6O4S2/c33-37(34,22-4-2-1-3-5-22)30-21-14-20(16-27-17-21)19-6-9-24-25(15-19)29-26(18-28-24)31-10-12-32(13-11-31)38(35,36)23-7-8-23/h1-6,9,14-18,23,30H,7-8,10-13H2. The molecule has 4 aromatic rings. The average molecular weight is 551 g/mol. The first-order chi connectivity index (χ1) is 18.3. The maximum atomic E-state index is 12.7. The molecule has 0 bridgehead atoms. The number of nitrogens with zero attached hydrogens (tertiary/aromatic N) is 5. The highest BCUT2D eigenvalue weighted by Gasteiger charge is 2.41. The number of nitrogens with one attached hydrogen (secondary N) is 1. The van der Waals surface area contributed by atoms with Gasteiger partial charge < -0.3 is 4.90 Å². The number of hydrogen-bond donors (Lipinski definition) is 1. The van der Waals surface area contributed by atoms with Crippen molar-refractivity contribution in [3.05, 3.63) is 73.2 Å². The number of piperazine rings is 1. The van der Waals surface area contributed by atoms with Crippen LogP contribution in [0.5, 0.6) is 0 Å². The van der Waals surface area contributed by atoms with Gasteiger partial charge in [0.15, 0.2) is 0 Å². The molecule has 38 heavy (non-hydrogen) atoms. The van der Waals surface area contributed by atoms with Gasteiger partial charge in [-0.3, -0.25) is 14.7 Å². The summed E-state index contributed by atoms with van der Waals surface area (Å²) >= 11 is 0. The van der Waals surface area contributed by atoms with Crippen LogP contribution in [0.4, 0.5) is 11.5 Å². The number of pyridine rings is 1. The van der Waals surface area contributed by atoms with Gasteiger partial charge in [0.2, 0.25) is 10.0 Å². The first kappa shape index (κ1) is 24.7. The summed E-state index contributed by atoms with van der Waals surface area (Å²) < 4.78 is 54.7. The van der Waals surface area contributed by atoms with Crippen molar-refractivity contribution >= 4 is 42.6 Å². The minimum atomic E-state index is -3.74. The highest BCUT2D eigenvalue weighted by molar-refractivity contribution is 7.92. The molecule has 0 unspecified atom stereocenters. The maximum absolute atomic E-state index is 12.7. The average Bonchev–Trinajstić information content (AvgIpc) is 3.80. The van der Waals surface area contributed by atoms with E-state index in [1.807, 2.05) is 18.2 Å². The van der Waals surface area contributed by atoms with E-state index in [-0.39, 0.29) is 10.1 Å². The van der Waals surface area contributed by atoms with Gasteiger partial charge in [-0.2, -0.15) is 4.31 Å². The quantitative estimate of drug-likeness (QED) is 0.372. The van der Waals surface area contributed by atoms with Gasteiger partial charge >= 0.3 is 0 Å². The highest BCUT2D eigenvalue weighted by Crippen LogP contribution is 2.32. The third-order valence-electron chi connectivity index (χ3n) is 6.77. The molecular weight excluding hydrogens is 524 g/mol. The second-order valence-corrected chi connectivity index (χ2v) is 13.3. The van der Waals surface area contributed by atoms with Crippen molar-refractivity contribution in [3.63, 3.8) is 0 Å². The minimum Gasteiger partial charge on any atom is -0.353 e. The molecule has 2 aliphatic rings. The Morgan fingerprint density at radius 2 is 1.55 bits per heavy atom. The highest BCUT2D eigenvalue weighted by atomic mass is 32.2. The molecule has 6 rings (SSSR count). The van der Waals surface area contributed by atoms with E-state index in [4.69, 9.17) is 4.98 Å². The first-order valence-electron chi connectivity index (χ1n) is 12.3. The van der Waals surface area contributed by atoms with Crippen LogP contribution in [0.1, 0.15) is 12.8 Å². The second-order valence-electron chi connectivity index (χ2n) is 9.44. The van der Waals surface area contributed by atoms with E-state index >= 15 is 0 Å². The molecule has 0 radical (unpaired) electrons. The molecule has 0 atom stereocenters. The summed E-state index contributed by atoms with van der Waals surface area (Å²) in [5, 5.41) is -0.199. The molecule has 0 spiro atoms. The number of rotatable bonds is 7. The number of benzene rings is 2. The molecule has 1 N–H and O–H groups in total. The van der Waals surface area contributed by atoms with Gasteiger partial charge in [0.05, 0.1) is 39.3 Å². The molecule has 1 aliphatic carbocycles. The molecule has 2 fully saturated rings. The number of sulfonamides is 2. The van der Waals surface area contributed by atoms with Crippen LogP contribution in [-0.4, -0.2) is 67.5 Å². The topological polar surface area (TPSA) is 125 Å². The van der Waals surface area contributed by atoms with Crippen LogP contribution in [0.3, 0.4) is 0 Å². The summed E-state index contributed by atoms with van der Waals surface area (Å²) in [6.45, 7) is 1.99. The van der Waals surface area contributed by atoms with Gasteiger partial charge in [-0.05, 0) is 48.7 Å². The van der Waals surface area contributed by atoms with E-state index in [1.165, 1.54) is 18.3 Å². The van der Waals surface area contributed by atoms with Crippen molar-refractivity contribution in [3.8, 4) is 11.1 Å². The molecule has 1 aliphatic heterocycles. The van der Waals surface area contributed by atoms with Crippen LogP contribution in [-0.2, 0) is 20.0 Å². The van der Waals surface area contributed by atoms with E-state index in [2.05, 4.69) is 19.6 Å². The third kappa shape index (κ3) is 4.94. The van der Waals surface area contributed by atoms with Crippen molar-refractivity contribution in [2.24, 2.45) is 0 Å². The molecule has 196 valence electrons. The molecule has 1 saturated carbocycles. The van der Waals surface area contributed by atoms with Gasteiger partial charge in [-0.1, -0.05) is 24.3 Å². The van der Waals surface area contributed by atoms with Crippen molar-refractivity contribution in [2.45, 2.75) is 23.0 Å². The van der Waals surface area contributed by atoms with Crippen LogP contribution < -0.4 is 9.62 Å². The number of fused-ring (bicyclic) bond motifs is 1. The fraction of sp³-hybridized carbons (Fsp3) is 0.269. The number of anilines is 2. The summed E-state index contributed by atoms with van der Waals surface area (Å²) in [4.78, 5) is 15.8. The Balaban J connectivity index is 1.22. The Kier molecular flexibility index (Phi) is 6.25. The van der Waals surface area contributed by atoms with Gasteiger partial charge in [-0.15, -0.1) is 0 Å². The molecule has 10 nitrogen and oxygen atoms in total. The Labute approximate surface area is 221 Å². The molecule has 1 saturated heterocycles. The molecule has 0 amide bonds. The lowest BCUT2D eigenvalue weighted by atomic mass is 10.1. The van der Waals surface area contributed by atoms with Crippen LogP contribution >= 0.6 is 0 Å². The van der Waals surface area contributed by atoms with Crippen molar-refractivity contribution in [1.29, 1.82) is 0 Å². The first-order valence-corrected chi connectivity index (χ1v) is 15.3. The Hall–Kier alpha value is -3.61. The zero-order chi connectivity index (χ0) is 26.3. The predicted octanol–water partition coefficient (Wildman–Crippen LogP) is 3.11. The summed E-state index contributed by atoms with van der Waals surface area (Å²) in [6, 6.07) is 15.5. The fourth-order valence-electron chi connectivity index (χ4n) is 4.55. The SMILES string of the molecule is O=S(=O)(Nc1cncc(-c2ccc3ncc(N4CCN(S(=O)(=O)C5CC5)CC4)nc3c2)c1)c1ccccc1. The van der Waals surface area contributed by atoms with E-state index in [9.17, 15) is 16.8 Å². The van der Waals surface area contributed by atoms with Gasteiger partial charge in [-0.25, -0.2) is 21.8 Å². The summed E-state index contributed by atoms with van der Waals surface area (Å²) in [6.07, 6.45) is 6.37. The monoisotopic (exact) mass is 550 g/mol. The molecule has 12 heteroatoms. The Bertz CT molecular complexity index is 1700. The van der Waals surface area contributed by atoms with E-state index in [0.717, 1.165) is 29.5 Å². The third-order valence-corrected chi connectivity index (χ3v) is 10.6.